The van der Waals surface area contributed by atoms with Crippen LogP contribution in [-0.4, -0.2) is 19.1 Å². The van der Waals surface area contributed by atoms with E-state index in [1.807, 2.05) is 24.3 Å². The minimum Gasteiger partial charge on any atom is -0.381 e. The third-order valence-corrected chi connectivity index (χ3v) is 3.06. The number of hydrogen-bond acceptors (Lipinski definition) is 2. The number of halogens is 1. The zero-order chi connectivity index (χ0) is 10.7. The van der Waals surface area contributed by atoms with E-state index in [1.54, 1.807) is 0 Å². The number of hydrogen-bond donors (Lipinski definition) is 1. The SMILES string of the molecule is O=C(Nc1cccc(I)c1)C1CCOC1. The summed E-state index contributed by atoms with van der Waals surface area (Å²) < 4.78 is 6.30. The first-order valence-corrected chi connectivity index (χ1v) is 5.98. The van der Waals surface area contributed by atoms with E-state index in [9.17, 15) is 4.79 Å². The molecule has 4 heteroatoms. The molecule has 2 rings (SSSR count). The van der Waals surface area contributed by atoms with Gasteiger partial charge in [-0.05, 0) is 47.2 Å². The molecule has 1 fully saturated rings. The molecule has 1 amide bonds. The summed E-state index contributed by atoms with van der Waals surface area (Å²) in [6.45, 7) is 1.25. The molecule has 0 saturated carbocycles. The second kappa shape index (κ2) is 4.94. The smallest absolute Gasteiger partial charge is 0.229 e. The van der Waals surface area contributed by atoms with Gasteiger partial charge in [-0.3, -0.25) is 4.79 Å². The van der Waals surface area contributed by atoms with E-state index in [2.05, 4.69) is 27.9 Å². The Bertz CT molecular complexity index is 361. The van der Waals surface area contributed by atoms with Gasteiger partial charge in [0.1, 0.15) is 0 Å². The minimum atomic E-state index is 0.0165. The van der Waals surface area contributed by atoms with Gasteiger partial charge in [-0.1, -0.05) is 6.07 Å². The fourth-order valence-corrected chi connectivity index (χ4v) is 2.09. The van der Waals surface area contributed by atoms with E-state index in [0.717, 1.165) is 15.7 Å². The number of rotatable bonds is 2. The molecule has 0 aliphatic carbocycles. The van der Waals surface area contributed by atoms with Gasteiger partial charge in [0.2, 0.25) is 5.91 Å². The normalized spacial score (nSPS) is 20.2. The molecule has 80 valence electrons. The van der Waals surface area contributed by atoms with Crippen molar-refractivity contribution in [1.82, 2.24) is 0 Å². The molecule has 1 unspecified atom stereocenters. The van der Waals surface area contributed by atoms with Crippen LogP contribution in [0.5, 0.6) is 0 Å². The first-order chi connectivity index (χ1) is 7.25. The van der Waals surface area contributed by atoms with Crippen LogP contribution in [0.4, 0.5) is 5.69 Å². The van der Waals surface area contributed by atoms with E-state index >= 15 is 0 Å². The van der Waals surface area contributed by atoms with Crippen LogP contribution in [0.2, 0.25) is 0 Å². The van der Waals surface area contributed by atoms with E-state index < -0.39 is 0 Å². The van der Waals surface area contributed by atoms with Crippen molar-refractivity contribution in [2.75, 3.05) is 18.5 Å². The monoisotopic (exact) mass is 317 g/mol. The summed E-state index contributed by atoms with van der Waals surface area (Å²) in [7, 11) is 0. The van der Waals surface area contributed by atoms with Gasteiger partial charge >= 0.3 is 0 Å². The molecule has 15 heavy (non-hydrogen) atoms. The molecule has 0 radical (unpaired) electrons. The number of anilines is 1. The Labute approximate surface area is 102 Å². The average Bonchev–Trinajstić information content (AvgIpc) is 2.70. The number of carbonyl (C=O) groups is 1. The molecular formula is C11H12INO2. The lowest BCUT2D eigenvalue weighted by Gasteiger charge is -2.09. The van der Waals surface area contributed by atoms with Gasteiger partial charge in [0.15, 0.2) is 0 Å². The molecular weight excluding hydrogens is 305 g/mol. The molecule has 1 aliphatic heterocycles. The maximum Gasteiger partial charge on any atom is 0.229 e. The Balaban J connectivity index is 1.99. The highest BCUT2D eigenvalue weighted by Crippen LogP contribution is 2.17. The van der Waals surface area contributed by atoms with Gasteiger partial charge in [0.05, 0.1) is 12.5 Å². The largest absolute Gasteiger partial charge is 0.381 e. The third-order valence-electron chi connectivity index (χ3n) is 2.39. The van der Waals surface area contributed by atoms with Crippen molar-refractivity contribution in [3.63, 3.8) is 0 Å². The molecule has 1 aromatic carbocycles. The van der Waals surface area contributed by atoms with Crippen LogP contribution in [0.1, 0.15) is 6.42 Å². The zero-order valence-corrected chi connectivity index (χ0v) is 10.4. The Kier molecular flexibility index (Phi) is 3.58. The molecule has 1 aliphatic rings. The molecule has 1 aromatic rings. The van der Waals surface area contributed by atoms with Gasteiger partial charge in [-0.15, -0.1) is 0 Å². The van der Waals surface area contributed by atoms with Gasteiger partial charge < -0.3 is 10.1 Å². The van der Waals surface area contributed by atoms with Gasteiger partial charge in [-0.25, -0.2) is 0 Å². The first-order valence-electron chi connectivity index (χ1n) is 4.90. The summed E-state index contributed by atoms with van der Waals surface area (Å²) in [5.41, 5.74) is 0.860. The van der Waals surface area contributed by atoms with Crippen LogP contribution < -0.4 is 5.32 Å². The van der Waals surface area contributed by atoms with Crippen molar-refractivity contribution in [3.8, 4) is 0 Å². The van der Waals surface area contributed by atoms with Crippen LogP contribution in [-0.2, 0) is 9.53 Å². The highest BCUT2D eigenvalue weighted by molar-refractivity contribution is 14.1. The molecule has 0 spiro atoms. The average molecular weight is 317 g/mol. The number of nitrogens with one attached hydrogen (secondary N) is 1. The minimum absolute atomic E-state index is 0.0165. The van der Waals surface area contributed by atoms with Crippen molar-refractivity contribution < 1.29 is 9.53 Å². The van der Waals surface area contributed by atoms with Crippen LogP contribution in [0.3, 0.4) is 0 Å². The molecule has 1 atom stereocenters. The van der Waals surface area contributed by atoms with E-state index in [4.69, 9.17) is 4.74 Å². The quantitative estimate of drug-likeness (QED) is 0.850. The lowest BCUT2D eigenvalue weighted by atomic mass is 10.1. The summed E-state index contributed by atoms with van der Waals surface area (Å²) in [5.74, 6) is 0.0809. The summed E-state index contributed by atoms with van der Waals surface area (Å²) in [4.78, 5) is 11.7. The van der Waals surface area contributed by atoms with E-state index in [-0.39, 0.29) is 11.8 Å². The van der Waals surface area contributed by atoms with Crippen LogP contribution in [0.25, 0.3) is 0 Å². The maximum atomic E-state index is 11.7. The third kappa shape index (κ3) is 2.92. The molecule has 3 nitrogen and oxygen atoms in total. The Morgan fingerprint density at radius 1 is 1.53 bits per heavy atom. The Morgan fingerprint density at radius 3 is 3.07 bits per heavy atom. The second-order valence-corrected chi connectivity index (χ2v) is 4.81. The van der Waals surface area contributed by atoms with Crippen molar-refractivity contribution >= 4 is 34.2 Å². The number of carbonyl (C=O) groups excluding carboxylic acids is 1. The zero-order valence-electron chi connectivity index (χ0n) is 8.20. The van der Waals surface area contributed by atoms with Crippen LogP contribution in [0.15, 0.2) is 24.3 Å². The van der Waals surface area contributed by atoms with E-state index in [1.165, 1.54) is 0 Å². The number of benzene rings is 1. The van der Waals surface area contributed by atoms with Crippen molar-refractivity contribution in [2.24, 2.45) is 5.92 Å². The molecule has 1 heterocycles. The molecule has 0 aromatic heterocycles. The van der Waals surface area contributed by atoms with Crippen LogP contribution >= 0.6 is 22.6 Å². The van der Waals surface area contributed by atoms with Crippen LogP contribution in [0, 0.1) is 9.49 Å². The lowest BCUT2D eigenvalue weighted by Crippen LogP contribution is -2.22. The highest BCUT2D eigenvalue weighted by atomic mass is 127. The Morgan fingerprint density at radius 2 is 2.40 bits per heavy atom. The Hall–Kier alpha value is -0.620. The standard InChI is InChI=1S/C11H12INO2/c12-9-2-1-3-10(6-9)13-11(14)8-4-5-15-7-8/h1-3,6,8H,4-5,7H2,(H,13,14). The van der Waals surface area contributed by atoms with Gasteiger partial charge in [0.25, 0.3) is 0 Å². The van der Waals surface area contributed by atoms with Gasteiger partial charge in [-0.2, -0.15) is 0 Å². The first kappa shape index (κ1) is 10.9. The van der Waals surface area contributed by atoms with Crippen molar-refractivity contribution in [3.05, 3.63) is 27.8 Å². The maximum absolute atomic E-state index is 11.7. The van der Waals surface area contributed by atoms with E-state index in [0.29, 0.717) is 13.2 Å². The topological polar surface area (TPSA) is 38.3 Å². The van der Waals surface area contributed by atoms with Crippen molar-refractivity contribution in [1.29, 1.82) is 0 Å². The molecule has 0 bridgehead atoms. The fourth-order valence-electron chi connectivity index (χ4n) is 1.55. The number of amides is 1. The summed E-state index contributed by atoms with van der Waals surface area (Å²) in [6, 6.07) is 7.78. The number of ether oxygens (including phenoxy) is 1. The molecule has 1 N–H and O–H groups in total. The van der Waals surface area contributed by atoms with Gasteiger partial charge in [0, 0.05) is 15.9 Å². The lowest BCUT2D eigenvalue weighted by molar-refractivity contribution is -0.119. The highest BCUT2D eigenvalue weighted by Gasteiger charge is 2.23. The second-order valence-electron chi connectivity index (χ2n) is 3.56. The summed E-state index contributed by atoms with van der Waals surface area (Å²) >= 11 is 2.22. The summed E-state index contributed by atoms with van der Waals surface area (Å²) in [6.07, 6.45) is 0.829. The van der Waals surface area contributed by atoms with Crippen molar-refractivity contribution in [2.45, 2.75) is 6.42 Å². The fraction of sp³-hybridized carbons (Fsp3) is 0.364. The predicted molar refractivity (Wildman–Crippen MR) is 66.7 cm³/mol. The molecule has 1 saturated heterocycles. The summed E-state index contributed by atoms with van der Waals surface area (Å²) in [5, 5.41) is 2.90. The predicted octanol–water partition coefficient (Wildman–Crippen LogP) is 2.27.